The molecular formula is C14H11N3O3. The number of fused-ring (bicyclic) bond motifs is 1. The van der Waals surface area contributed by atoms with Crippen molar-refractivity contribution in [1.82, 2.24) is 15.3 Å². The van der Waals surface area contributed by atoms with Crippen LogP contribution in [0.5, 0.6) is 0 Å². The number of benzene rings is 1. The molecular weight excluding hydrogens is 258 g/mol. The molecule has 0 saturated carbocycles. The highest BCUT2D eigenvalue weighted by atomic mass is 16.4. The minimum absolute atomic E-state index is 0.0109. The van der Waals surface area contributed by atoms with Crippen molar-refractivity contribution in [3.63, 3.8) is 0 Å². The van der Waals surface area contributed by atoms with E-state index in [2.05, 4.69) is 15.3 Å². The van der Waals surface area contributed by atoms with E-state index in [1.54, 1.807) is 24.4 Å². The molecule has 0 bridgehead atoms. The molecule has 2 heterocycles. The summed E-state index contributed by atoms with van der Waals surface area (Å²) in [5.41, 5.74) is 0.556. The lowest BCUT2D eigenvalue weighted by Gasteiger charge is -2.03. The maximum Gasteiger partial charge on any atom is 0.349 e. The molecule has 0 aliphatic carbocycles. The van der Waals surface area contributed by atoms with Crippen LogP contribution in [0, 0.1) is 0 Å². The van der Waals surface area contributed by atoms with Crippen molar-refractivity contribution in [2.75, 3.05) is 0 Å². The number of nitrogens with one attached hydrogen (secondary N) is 2. The molecule has 0 radical (unpaired) electrons. The second kappa shape index (κ2) is 5.00. The summed E-state index contributed by atoms with van der Waals surface area (Å²) < 4.78 is 5.11. The number of para-hydroxylation sites is 1. The Morgan fingerprint density at radius 1 is 1.35 bits per heavy atom. The fourth-order valence-corrected chi connectivity index (χ4v) is 1.87. The van der Waals surface area contributed by atoms with Crippen molar-refractivity contribution in [3.8, 4) is 0 Å². The van der Waals surface area contributed by atoms with Crippen LogP contribution in [0.15, 0.2) is 52.1 Å². The quantitative estimate of drug-likeness (QED) is 0.704. The molecule has 0 unspecified atom stereocenters. The average molecular weight is 269 g/mol. The summed E-state index contributed by atoms with van der Waals surface area (Å²) in [6, 6.07) is 8.58. The monoisotopic (exact) mass is 269 g/mol. The molecule has 20 heavy (non-hydrogen) atoms. The summed E-state index contributed by atoms with van der Waals surface area (Å²) >= 11 is 0. The number of hydrogen-bond acceptors (Lipinski definition) is 4. The van der Waals surface area contributed by atoms with Gasteiger partial charge in [0.05, 0.1) is 18.6 Å². The first-order valence-corrected chi connectivity index (χ1v) is 6.02. The van der Waals surface area contributed by atoms with Gasteiger partial charge in [-0.3, -0.25) is 4.79 Å². The van der Waals surface area contributed by atoms with Gasteiger partial charge in [-0.05, 0) is 12.1 Å². The number of H-pyrrole nitrogens is 1. The summed E-state index contributed by atoms with van der Waals surface area (Å²) in [4.78, 5) is 30.5. The first kappa shape index (κ1) is 12.2. The fourth-order valence-electron chi connectivity index (χ4n) is 1.87. The van der Waals surface area contributed by atoms with Gasteiger partial charge in [-0.1, -0.05) is 18.2 Å². The van der Waals surface area contributed by atoms with Gasteiger partial charge in [0, 0.05) is 11.6 Å². The Hall–Kier alpha value is -2.89. The van der Waals surface area contributed by atoms with Crippen LogP contribution in [-0.2, 0) is 6.54 Å². The lowest BCUT2D eigenvalue weighted by Crippen LogP contribution is -2.27. The van der Waals surface area contributed by atoms with Gasteiger partial charge in [-0.15, -0.1) is 0 Å². The lowest BCUT2D eigenvalue weighted by atomic mass is 10.2. The molecule has 0 spiro atoms. The van der Waals surface area contributed by atoms with Gasteiger partial charge in [0.25, 0.3) is 5.91 Å². The molecule has 0 atom stereocenters. The second-order valence-corrected chi connectivity index (χ2v) is 4.24. The highest BCUT2D eigenvalue weighted by Crippen LogP contribution is 2.12. The predicted octanol–water partition coefficient (Wildman–Crippen LogP) is 1.45. The Labute approximate surface area is 113 Å². The topological polar surface area (TPSA) is 88.0 Å². The number of imidazole rings is 1. The molecule has 0 aliphatic rings. The molecule has 3 rings (SSSR count). The van der Waals surface area contributed by atoms with Crippen LogP contribution < -0.4 is 10.9 Å². The summed E-state index contributed by atoms with van der Waals surface area (Å²) in [6.07, 6.45) is 3.12. The molecule has 2 aromatic heterocycles. The highest BCUT2D eigenvalue weighted by Gasteiger charge is 2.13. The number of nitrogens with zero attached hydrogens (tertiary/aromatic N) is 1. The van der Waals surface area contributed by atoms with E-state index in [4.69, 9.17) is 4.42 Å². The van der Waals surface area contributed by atoms with Gasteiger partial charge in [-0.2, -0.15) is 0 Å². The predicted molar refractivity (Wildman–Crippen MR) is 72.2 cm³/mol. The van der Waals surface area contributed by atoms with E-state index in [1.807, 2.05) is 6.07 Å². The number of hydrogen-bond donors (Lipinski definition) is 2. The molecule has 0 fully saturated rings. The molecule has 6 heteroatoms. The molecule has 1 amide bonds. The maximum absolute atomic E-state index is 12.0. The summed E-state index contributed by atoms with van der Waals surface area (Å²) in [5, 5.41) is 3.34. The molecule has 100 valence electrons. The molecule has 1 aromatic carbocycles. The minimum atomic E-state index is -0.647. The standard InChI is InChI=1S/C14H11N3O3/c18-13(16-7-10-6-15-8-17-10)11-5-9-3-1-2-4-12(9)20-14(11)19/h1-6,8H,7H2,(H,15,17)(H,16,18). The normalized spacial score (nSPS) is 10.6. The van der Waals surface area contributed by atoms with E-state index >= 15 is 0 Å². The van der Waals surface area contributed by atoms with Gasteiger partial charge in [-0.25, -0.2) is 9.78 Å². The van der Waals surface area contributed by atoms with Crippen molar-refractivity contribution >= 4 is 16.9 Å². The van der Waals surface area contributed by atoms with Crippen LogP contribution in [0.1, 0.15) is 16.1 Å². The largest absolute Gasteiger partial charge is 0.422 e. The highest BCUT2D eigenvalue weighted by molar-refractivity contribution is 5.96. The van der Waals surface area contributed by atoms with Crippen molar-refractivity contribution < 1.29 is 9.21 Å². The van der Waals surface area contributed by atoms with Crippen LogP contribution in [0.3, 0.4) is 0 Å². The number of aromatic nitrogens is 2. The zero-order chi connectivity index (χ0) is 13.9. The molecule has 0 saturated heterocycles. The van der Waals surface area contributed by atoms with Crippen LogP contribution in [0.2, 0.25) is 0 Å². The number of rotatable bonds is 3. The van der Waals surface area contributed by atoms with Crippen LogP contribution >= 0.6 is 0 Å². The first-order valence-electron chi connectivity index (χ1n) is 6.02. The Kier molecular flexibility index (Phi) is 3.04. The van der Waals surface area contributed by atoms with Crippen molar-refractivity contribution in [2.45, 2.75) is 6.54 Å². The van der Waals surface area contributed by atoms with Gasteiger partial charge in [0.1, 0.15) is 11.1 Å². The summed E-state index contributed by atoms with van der Waals surface area (Å²) in [5.74, 6) is -0.473. The maximum atomic E-state index is 12.0. The molecule has 3 aromatic rings. The van der Waals surface area contributed by atoms with Crippen molar-refractivity contribution in [1.29, 1.82) is 0 Å². The van der Waals surface area contributed by atoms with E-state index in [9.17, 15) is 9.59 Å². The third-order valence-electron chi connectivity index (χ3n) is 2.88. The van der Waals surface area contributed by atoms with Gasteiger partial charge >= 0.3 is 5.63 Å². The Morgan fingerprint density at radius 3 is 3.00 bits per heavy atom. The minimum Gasteiger partial charge on any atom is -0.422 e. The smallest absolute Gasteiger partial charge is 0.349 e. The Morgan fingerprint density at radius 2 is 2.20 bits per heavy atom. The van der Waals surface area contributed by atoms with Gasteiger partial charge < -0.3 is 14.7 Å². The molecule has 2 N–H and O–H groups in total. The number of aromatic amines is 1. The van der Waals surface area contributed by atoms with E-state index in [0.29, 0.717) is 11.0 Å². The summed E-state index contributed by atoms with van der Waals surface area (Å²) in [6.45, 7) is 0.269. The van der Waals surface area contributed by atoms with Gasteiger partial charge in [0.15, 0.2) is 0 Å². The van der Waals surface area contributed by atoms with E-state index in [-0.39, 0.29) is 12.1 Å². The first-order chi connectivity index (χ1) is 9.74. The Bertz CT molecular complexity index is 806. The van der Waals surface area contributed by atoms with Crippen LogP contribution in [0.25, 0.3) is 11.0 Å². The number of carbonyl (C=O) groups excluding carboxylic acids is 1. The molecule has 6 nitrogen and oxygen atoms in total. The summed E-state index contributed by atoms with van der Waals surface area (Å²) in [7, 11) is 0. The van der Waals surface area contributed by atoms with Crippen LogP contribution in [0.4, 0.5) is 0 Å². The fraction of sp³-hybridized carbons (Fsp3) is 0.0714. The van der Waals surface area contributed by atoms with Crippen molar-refractivity contribution in [2.24, 2.45) is 0 Å². The second-order valence-electron chi connectivity index (χ2n) is 4.24. The SMILES string of the molecule is O=C(NCc1cnc[nH]1)c1cc2ccccc2oc1=O. The van der Waals surface area contributed by atoms with Gasteiger partial charge in [0.2, 0.25) is 0 Å². The average Bonchev–Trinajstić information content (AvgIpc) is 2.97. The van der Waals surface area contributed by atoms with E-state index in [0.717, 1.165) is 5.69 Å². The van der Waals surface area contributed by atoms with E-state index in [1.165, 1.54) is 12.4 Å². The van der Waals surface area contributed by atoms with E-state index < -0.39 is 11.5 Å². The van der Waals surface area contributed by atoms with Crippen LogP contribution in [-0.4, -0.2) is 15.9 Å². The zero-order valence-corrected chi connectivity index (χ0v) is 10.4. The molecule has 0 aliphatic heterocycles. The Balaban J connectivity index is 1.87. The lowest BCUT2D eigenvalue weighted by molar-refractivity contribution is 0.0947. The third-order valence-corrected chi connectivity index (χ3v) is 2.88. The van der Waals surface area contributed by atoms with Crippen molar-refractivity contribution in [3.05, 3.63) is 64.5 Å². The zero-order valence-electron chi connectivity index (χ0n) is 10.4. The third kappa shape index (κ3) is 2.31. The number of amides is 1. The number of carbonyl (C=O) groups is 1.